The lowest BCUT2D eigenvalue weighted by Gasteiger charge is -2.28. The van der Waals surface area contributed by atoms with Gasteiger partial charge in [-0.2, -0.15) is 0 Å². The molecular formula is C23H21N3O5. The molecule has 0 spiro atoms. The summed E-state index contributed by atoms with van der Waals surface area (Å²) in [5.41, 5.74) is 1.56. The highest BCUT2D eigenvalue weighted by Crippen LogP contribution is 2.39. The minimum absolute atomic E-state index is 0.239. The highest BCUT2D eigenvalue weighted by Gasteiger charge is 2.35. The van der Waals surface area contributed by atoms with Gasteiger partial charge in [0.05, 0.1) is 24.2 Å². The van der Waals surface area contributed by atoms with Gasteiger partial charge in [-0.15, -0.1) is 0 Å². The molecule has 1 aromatic heterocycles. The third-order valence-corrected chi connectivity index (χ3v) is 5.14. The lowest BCUT2D eigenvalue weighted by atomic mass is 9.82. The third kappa shape index (κ3) is 4.00. The molecule has 1 aliphatic rings. The molecular weight excluding hydrogens is 398 g/mol. The van der Waals surface area contributed by atoms with Crippen LogP contribution in [0.15, 0.2) is 75.5 Å². The van der Waals surface area contributed by atoms with E-state index in [1.165, 1.54) is 7.11 Å². The van der Waals surface area contributed by atoms with E-state index in [2.05, 4.69) is 15.3 Å². The first-order valence-electron chi connectivity index (χ1n) is 9.67. The number of nitrogens with one attached hydrogen (secondary N) is 3. The Kier molecular flexibility index (Phi) is 5.44. The molecule has 1 atom stereocenters. The second kappa shape index (κ2) is 8.35. The minimum Gasteiger partial charge on any atom is -0.489 e. The van der Waals surface area contributed by atoms with Crippen molar-refractivity contribution in [3.63, 3.8) is 0 Å². The highest BCUT2D eigenvalue weighted by molar-refractivity contribution is 5.94. The molecule has 0 saturated carbocycles. The Hall–Kier alpha value is -4.07. The summed E-state index contributed by atoms with van der Waals surface area (Å²) in [6.07, 6.45) is 0. The van der Waals surface area contributed by atoms with Crippen LogP contribution in [0, 0.1) is 0 Å². The average Bonchev–Trinajstić information content (AvgIpc) is 2.77. The molecule has 8 nitrogen and oxygen atoms in total. The van der Waals surface area contributed by atoms with E-state index in [1.54, 1.807) is 31.2 Å². The molecule has 8 heteroatoms. The molecule has 0 unspecified atom stereocenters. The Morgan fingerprint density at radius 3 is 2.39 bits per heavy atom. The molecule has 1 aliphatic heterocycles. The number of H-pyrrole nitrogens is 2. The van der Waals surface area contributed by atoms with Crippen LogP contribution in [-0.4, -0.2) is 23.0 Å². The van der Waals surface area contributed by atoms with E-state index >= 15 is 0 Å². The molecule has 0 fully saturated rings. The van der Waals surface area contributed by atoms with Gasteiger partial charge < -0.3 is 14.8 Å². The van der Waals surface area contributed by atoms with Crippen LogP contribution in [0.25, 0.3) is 0 Å². The van der Waals surface area contributed by atoms with E-state index in [4.69, 9.17) is 9.47 Å². The van der Waals surface area contributed by atoms with Gasteiger partial charge in [0, 0.05) is 5.70 Å². The lowest BCUT2D eigenvalue weighted by Crippen LogP contribution is -2.34. The fourth-order valence-corrected chi connectivity index (χ4v) is 3.70. The Morgan fingerprint density at radius 2 is 1.71 bits per heavy atom. The molecule has 0 radical (unpaired) electrons. The molecule has 31 heavy (non-hydrogen) atoms. The second-order valence-electron chi connectivity index (χ2n) is 7.13. The zero-order valence-corrected chi connectivity index (χ0v) is 17.0. The second-order valence-corrected chi connectivity index (χ2v) is 7.13. The van der Waals surface area contributed by atoms with E-state index in [0.29, 0.717) is 29.2 Å². The average molecular weight is 419 g/mol. The number of anilines is 1. The van der Waals surface area contributed by atoms with Crippen LogP contribution in [-0.2, 0) is 16.1 Å². The van der Waals surface area contributed by atoms with Gasteiger partial charge in [-0.3, -0.25) is 14.8 Å². The van der Waals surface area contributed by atoms with E-state index in [9.17, 15) is 14.4 Å². The largest absolute Gasteiger partial charge is 0.489 e. The molecule has 158 valence electrons. The van der Waals surface area contributed by atoms with Crippen LogP contribution < -0.4 is 21.3 Å². The highest BCUT2D eigenvalue weighted by atomic mass is 16.5. The summed E-state index contributed by atoms with van der Waals surface area (Å²) in [7, 11) is 1.28. The summed E-state index contributed by atoms with van der Waals surface area (Å²) in [6.45, 7) is 2.11. The number of carbonyl (C=O) groups excluding carboxylic acids is 1. The van der Waals surface area contributed by atoms with Crippen LogP contribution in [0.2, 0.25) is 0 Å². The molecule has 2 heterocycles. The van der Waals surface area contributed by atoms with Gasteiger partial charge in [0.25, 0.3) is 5.56 Å². The number of hydrogen-bond acceptors (Lipinski definition) is 6. The molecule has 0 amide bonds. The van der Waals surface area contributed by atoms with Crippen LogP contribution in [0.3, 0.4) is 0 Å². The van der Waals surface area contributed by atoms with Crippen LogP contribution in [0.5, 0.6) is 5.75 Å². The van der Waals surface area contributed by atoms with Crippen molar-refractivity contribution in [2.75, 3.05) is 12.4 Å². The standard InChI is InChI=1S/C23H21N3O5/c1-13-17(22(28)30-2)18(19-20(24-13)25-23(29)26-21(19)27)15-8-10-16(11-9-15)31-12-14-6-4-3-5-7-14/h3-11,18H,12H2,1-2H3,(H3,24,25,26,27,29)/t18-/m1/s1. The minimum atomic E-state index is -0.715. The topological polar surface area (TPSA) is 113 Å². The number of ether oxygens (including phenoxy) is 2. The van der Waals surface area contributed by atoms with Crippen molar-refractivity contribution < 1.29 is 14.3 Å². The summed E-state index contributed by atoms with van der Waals surface area (Å²) in [4.78, 5) is 41.8. The first-order chi connectivity index (χ1) is 15.0. The maximum absolute atomic E-state index is 12.6. The SMILES string of the molecule is COC(=O)C1=C(C)Nc2[nH]c(=O)[nH]c(=O)c2[C@@H]1c1ccc(OCc2ccccc2)cc1. The smallest absolute Gasteiger partial charge is 0.336 e. The number of benzene rings is 2. The van der Waals surface area contributed by atoms with E-state index in [1.807, 2.05) is 30.3 Å². The van der Waals surface area contributed by atoms with E-state index in [-0.39, 0.29) is 11.4 Å². The first-order valence-corrected chi connectivity index (χ1v) is 9.67. The van der Waals surface area contributed by atoms with Gasteiger partial charge in [-0.05, 0) is 30.2 Å². The molecule has 0 aliphatic carbocycles. The number of fused-ring (bicyclic) bond motifs is 1. The molecule has 0 bridgehead atoms. The molecule has 4 rings (SSSR count). The van der Waals surface area contributed by atoms with Crippen molar-refractivity contribution >= 4 is 11.8 Å². The third-order valence-electron chi connectivity index (χ3n) is 5.14. The van der Waals surface area contributed by atoms with E-state index in [0.717, 1.165) is 5.56 Å². The van der Waals surface area contributed by atoms with Crippen molar-refractivity contribution in [3.05, 3.63) is 103 Å². The maximum Gasteiger partial charge on any atom is 0.336 e. The van der Waals surface area contributed by atoms with Gasteiger partial charge in [0.15, 0.2) is 0 Å². The number of hydrogen-bond donors (Lipinski definition) is 3. The van der Waals surface area contributed by atoms with Gasteiger partial charge in [0.1, 0.15) is 18.2 Å². The van der Waals surface area contributed by atoms with Crippen LogP contribution in [0.4, 0.5) is 5.82 Å². The fraction of sp³-hybridized carbons (Fsp3) is 0.174. The quantitative estimate of drug-likeness (QED) is 0.548. The van der Waals surface area contributed by atoms with Gasteiger partial charge in [0.2, 0.25) is 0 Å². The summed E-state index contributed by atoms with van der Waals surface area (Å²) in [5, 5.41) is 2.93. The maximum atomic E-state index is 12.6. The molecule has 3 aromatic rings. The van der Waals surface area contributed by atoms with Crippen LogP contribution in [0.1, 0.15) is 29.5 Å². The summed E-state index contributed by atoms with van der Waals surface area (Å²) in [5.74, 6) is -0.367. The lowest BCUT2D eigenvalue weighted by molar-refractivity contribution is -0.136. The Morgan fingerprint density at radius 1 is 1.00 bits per heavy atom. The number of rotatable bonds is 5. The van der Waals surface area contributed by atoms with Gasteiger partial charge in [-0.25, -0.2) is 9.59 Å². The Labute approximate surface area is 177 Å². The summed E-state index contributed by atoms with van der Waals surface area (Å²) in [6, 6.07) is 16.9. The van der Waals surface area contributed by atoms with Crippen molar-refractivity contribution in [2.24, 2.45) is 0 Å². The van der Waals surface area contributed by atoms with Crippen molar-refractivity contribution in [1.29, 1.82) is 0 Å². The Balaban J connectivity index is 1.71. The predicted molar refractivity (Wildman–Crippen MR) is 115 cm³/mol. The number of carbonyl (C=O) groups is 1. The number of allylic oxidation sites excluding steroid dienone is 1. The Bertz CT molecular complexity index is 1260. The zero-order chi connectivity index (χ0) is 22.0. The molecule has 0 saturated heterocycles. The van der Waals surface area contributed by atoms with Crippen molar-refractivity contribution in [2.45, 2.75) is 19.4 Å². The molecule has 2 aromatic carbocycles. The van der Waals surface area contributed by atoms with Crippen molar-refractivity contribution in [1.82, 2.24) is 9.97 Å². The normalized spacial score (nSPS) is 15.1. The first kappa shape index (κ1) is 20.2. The molecule has 3 N–H and O–H groups in total. The fourth-order valence-electron chi connectivity index (χ4n) is 3.70. The van der Waals surface area contributed by atoms with Gasteiger partial charge in [-0.1, -0.05) is 42.5 Å². The number of methoxy groups -OCH3 is 1. The van der Waals surface area contributed by atoms with E-state index < -0.39 is 23.1 Å². The number of esters is 1. The van der Waals surface area contributed by atoms with Gasteiger partial charge >= 0.3 is 11.7 Å². The summed E-state index contributed by atoms with van der Waals surface area (Å²) < 4.78 is 10.8. The number of aromatic amines is 2. The summed E-state index contributed by atoms with van der Waals surface area (Å²) >= 11 is 0. The zero-order valence-electron chi connectivity index (χ0n) is 17.0. The van der Waals surface area contributed by atoms with Crippen LogP contribution >= 0.6 is 0 Å². The number of aromatic nitrogens is 2. The predicted octanol–water partition coefficient (Wildman–Crippen LogP) is 2.65. The van der Waals surface area contributed by atoms with Crippen molar-refractivity contribution in [3.8, 4) is 5.75 Å². The monoisotopic (exact) mass is 419 g/mol.